The molecule has 0 atom stereocenters. The monoisotopic (exact) mass is 270 g/mol. The third-order valence-corrected chi connectivity index (χ3v) is 3.53. The molecule has 4 nitrogen and oxygen atoms in total. The molecule has 14 heavy (non-hydrogen) atoms. The molecule has 2 aromatic rings. The number of nitrogens with one attached hydrogen (secondary N) is 1. The van der Waals surface area contributed by atoms with E-state index < -0.39 is 0 Å². The summed E-state index contributed by atoms with van der Waals surface area (Å²) in [5.74, 6) is 0.563. The third kappa shape index (κ3) is 1.91. The number of hydrogen-bond donors (Lipinski definition) is 2. The highest BCUT2D eigenvalue weighted by Crippen LogP contribution is 2.33. The van der Waals surface area contributed by atoms with E-state index in [4.69, 9.17) is 5.73 Å². The van der Waals surface area contributed by atoms with Crippen LogP contribution in [0.4, 0.5) is 5.82 Å². The van der Waals surface area contributed by atoms with Crippen molar-refractivity contribution < 1.29 is 0 Å². The molecular formula is C8H7BrN4S. The quantitative estimate of drug-likeness (QED) is 0.879. The lowest BCUT2D eigenvalue weighted by Gasteiger charge is -2.00. The molecule has 0 radical (unpaired) electrons. The van der Waals surface area contributed by atoms with Crippen LogP contribution >= 0.6 is 27.7 Å². The number of aromatic amines is 1. The Labute approximate surface area is 93.4 Å². The van der Waals surface area contributed by atoms with Gasteiger partial charge in [-0.15, -0.1) is 0 Å². The van der Waals surface area contributed by atoms with Gasteiger partial charge in [-0.1, -0.05) is 11.8 Å². The van der Waals surface area contributed by atoms with E-state index >= 15 is 0 Å². The summed E-state index contributed by atoms with van der Waals surface area (Å²) in [7, 11) is 0. The molecular weight excluding hydrogens is 264 g/mol. The van der Waals surface area contributed by atoms with Crippen LogP contribution in [0.2, 0.25) is 0 Å². The van der Waals surface area contributed by atoms with Gasteiger partial charge in [0.15, 0.2) is 0 Å². The van der Waals surface area contributed by atoms with Gasteiger partial charge in [0, 0.05) is 6.20 Å². The van der Waals surface area contributed by atoms with E-state index in [0.29, 0.717) is 5.82 Å². The zero-order chi connectivity index (χ0) is 9.97. The van der Waals surface area contributed by atoms with E-state index in [1.807, 2.05) is 12.1 Å². The Morgan fingerprint density at radius 1 is 1.50 bits per heavy atom. The zero-order valence-electron chi connectivity index (χ0n) is 7.07. The average Bonchev–Trinajstić information content (AvgIpc) is 2.56. The number of H-pyrrole nitrogens is 1. The summed E-state index contributed by atoms with van der Waals surface area (Å²) in [5.41, 5.74) is 5.66. The highest BCUT2D eigenvalue weighted by molar-refractivity contribution is 9.10. The van der Waals surface area contributed by atoms with E-state index in [1.165, 1.54) is 11.8 Å². The Hall–Kier alpha value is -1.01. The molecule has 0 spiro atoms. The maximum absolute atomic E-state index is 5.66. The van der Waals surface area contributed by atoms with Gasteiger partial charge in [-0.05, 0) is 28.1 Å². The summed E-state index contributed by atoms with van der Waals surface area (Å²) in [6.45, 7) is 0. The largest absolute Gasteiger partial charge is 0.383 e. The first-order valence-corrected chi connectivity index (χ1v) is 5.45. The molecule has 2 rings (SSSR count). The Balaban J connectivity index is 2.28. The molecule has 0 amide bonds. The van der Waals surface area contributed by atoms with Gasteiger partial charge in [-0.2, -0.15) is 5.10 Å². The lowest BCUT2D eigenvalue weighted by molar-refractivity contribution is 1.10. The normalized spacial score (nSPS) is 10.4. The molecule has 0 aromatic carbocycles. The Bertz CT molecular complexity index is 442. The second-order valence-electron chi connectivity index (χ2n) is 2.54. The molecule has 2 heterocycles. The number of hydrogen-bond acceptors (Lipinski definition) is 4. The van der Waals surface area contributed by atoms with Gasteiger partial charge in [-0.25, -0.2) is 4.98 Å². The van der Waals surface area contributed by atoms with E-state index in [-0.39, 0.29) is 0 Å². The van der Waals surface area contributed by atoms with Crippen LogP contribution in [0.15, 0.2) is 38.9 Å². The summed E-state index contributed by atoms with van der Waals surface area (Å²) in [6.07, 6.45) is 3.42. The number of rotatable bonds is 2. The minimum absolute atomic E-state index is 0.563. The SMILES string of the molecule is Nc1[nH]ncc1Sc1ncccc1Br. The summed E-state index contributed by atoms with van der Waals surface area (Å²) in [5, 5.41) is 7.38. The maximum Gasteiger partial charge on any atom is 0.133 e. The van der Waals surface area contributed by atoms with Crippen LogP contribution in [0.5, 0.6) is 0 Å². The number of pyridine rings is 1. The molecule has 0 aliphatic rings. The van der Waals surface area contributed by atoms with Crippen LogP contribution in [0.3, 0.4) is 0 Å². The van der Waals surface area contributed by atoms with Crippen LogP contribution in [0, 0.1) is 0 Å². The Morgan fingerprint density at radius 2 is 2.36 bits per heavy atom. The van der Waals surface area contributed by atoms with Crippen molar-refractivity contribution in [3.63, 3.8) is 0 Å². The lowest BCUT2D eigenvalue weighted by atomic mass is 10.5. The molecule has 0 bridgehead atoms. The lowest BCUT2D eigenvalue weighted by Crippen LogP contribution is -1.87. The van der Waals surface area contributed by atoms with E-state index in [2.05, 4.69) is 31.1 Å². The number of aromatic nitrogens is 3. The molecule has 0 aliphatic heterocycles. The standard InChI is InChI=1S/C8H7BrN4S/c9-5-2-1-3-11-8(5)14-6-4-12-13-7(6)10/h1-4H,(H3,10,12,13). The van der Waals surface area contributed by atoms with Crippen LogP contribution in [-0.2, 0) is 0 Å². The fourth-order valence-corrected chi connectivity index (χ4v) is 2.16. The predicted octanol–water partition coefficient (Wildman–Crippen LogP) is 2.30. The minimum atomic E-state index is 0.563. The summed E-state index contributed by atoms with van der Waals surface area (Å²) in [4.78, 5) is 5.09. The molecule has 72 valence electrons. The van der Waals surface area contributed by atoms with Crippen molar-refractivity contribution in [2.45, 2.75) is 9.92 Å². The van der Waals surface area contributed by atoms with Crippen molar-refractivity contribution in [1.82, 2.24) is 15.2 Å². The van der Waals surface area contributed by atoms with Gasteiger partial charge in [0.2, 0.25) is 0 Å². The fraction of sp³-hybridized carbons (Fsp3) is 0. The number of halogens is 1. The first-order valence-electron chi connectivity index (χ1n) is 3.84. The van der Waals surface area contributed by atoms with Gasteiger partial charge >= 0.3 is 0 Å². The second kappa shape index (κ2) is 4.02. The van der Waals surface area contributed by atoms with Crippen molar-refractivity contribution in [3.8, 4) is 0 Å². The van der Waals surface area contributed by atoms with Crippen molar-refractivity contribution in [2.24, 2.45) is 0 Å². The second-order valence-corrected chi connectivity index (χ2v) is 4.43. The van der Waals surface area contributed by atoms with Crippen LogP contribution in [0.25, 0.3) is 0 Å². The zero-order valence-corrected chi connectivity index (χ0v) is 9.47. The van der Waals surface area contributed by atoms with Gasteiger partial charge in [-0.3, -0.25) is 5.10 Å². The first-order chi connectivity index (χ1) is 6.77. The smallest absolute Gasteiger partial charge is 0.133 e. The van der Waals surface area contributed by atoms with Crippen molar-refractivity contribution >= 4 is 33.5 Å². The van der Waals surface area contributed by atoms with Gasteiger partial charge in [0.1, 0.15) is 10.8 Å². The molecule has 0 fully saturated rings. The number of nitrogens with two attached hydrogens (primary N) is 1. The predicted molar refractivity (Wildman–Crippen MR) is 59.1 cm³/mol. The highest BCUT2D eigenvalue weighted by atomic mass is 79.9. The van der Waals surface area contributed by atoms with E-state index in [9.17, 15) is 0 Å². The molecule has 0 saturated carbocycles. The molecule has 2 aromatic heterocycles. The highest BCUT2D eigenvalue weighted by Gasteiger charge is 2.06. The summed E-state index contributed by atoms with van der Waals surface area (Å²) in [6, 6.07) is 3.80. The average molecular weight is 271 g/mol. The van der Waals surface area contributed by atoms with Crippen molar-refractivity contribution in [1.29, 1.82) is 0 Å². The Morgan fingerprint density at radius 3 is 3.00 bits per heavy atom. The number of nitrogens with zero attached hydrogens (tertiary/aromatic N) is 2. The van der Waals surface area contributed by atoms with Crippen molar-refractivity contribution in [3.05, 3.63) is 29.0 Å². The van der Waals surface area contributed by atoms with Gasteiger partial charge in [0.25, 0.3) is 0 Å². The van der Waals surface area contributed by atoms with Crippen molar-refractivity contribution in [2.75, 3.05) is 5.73 Å². The van der Waals surface area contributed by atoms with Crippen LogP contribution < -0.4 is 5.73 Å². The fourth-order valence-electron chi connectivity index (χ4n) is 0.917. The van der Waals surface area contributed by atoms with E-state index in [0.717, 1.165) is 14.4 Å². The molecule has 0 aliphatic carbocycles. The molecule has 0 saturated heterocycles. The number of nitrogen functional groups attached to an aromatic ring is 1. The van der Waals surface area contributed by atoms with E-state index in [1.54, 1.807) is 12.4 Å². The molecule has 6 heteroatoms. The summed E-state index contributed by atoms with van der Waals surface area (Å²) < 4.78 is 0.950. The van der Waals surface area contributed by atoms with Crippen LogP contribution in [0.1, 0.15) is 0 Å². The van der Waals surface area contributed by atoms with Gasteiger partial charge in [0.05, 0.1) is 15.6 Å². The first kappa shape index (κ1) is 9.54. The van der Waals surface area contributed by atoms with Crippen LogP contribution in [-0.4, -0.2) is 15.2 Å². The third-order valence-electron chi connectivity index (χ3n) is 1.56. The number of anilines is 1. The minimum Gasteiger partial charge on any atom is -0.383 e. The maximum atomic E-state index is 5.66. The topological polar surface area (TPSA) is 67.6 Å². The van der Waals surface area contributed by atoms with Gasteiger partial charge < -0.3 is 5.73 Å². The summed E-state index contributed by atoms with van der Waals surface area (Å²) >= 11 is 4.88. The molecule has 0 unspecified atom stereocenters. The Kier molecular flexibility index (Phi) is 2.74. The molecule has 3 N–H and O–H groups in total.